The molecule has 5 aromatic heterocycles. The van der Waals surface area contributed by atoms with E-state index >= 15 is 0 Å². The maximum Gasteiger partial charge on any atom is 0.166 e. The molecule has 0 fully saturated rings. The van der Waals surface area contributed by atoms with Gasteiger partial charge >= 0.3 is 0 Å². The summed E-state index contributed by atoms with van der Waals surface area (Å²) < 4.78 is 1.70. The zero-order valence-corrected chi connectivity index (χ0v) is 16.9. The minimum absolute atomic E-state index is 0.398. The first-order chi connectivity index (χ1) is 15.2. The first-order valence-corrected chi connectivity index (χ1v) is 9.81. The van der Waals surface area contributed by atoms with E-state index < -0.39 is 0 Å². The Balaban J connectivity index is 1.48. The van der Waals surface area contributed by atoms with Gasteiger partial charge in [0.25, 0.3) is 0 Å². The highest BCUT2D eigenvalue weighted by Crippen LogP contribution is 2.29. The molecule has 31 heavy (non-hydrogen) atoms. The highest BCUT2D eigenvalue weighted by atomic mass is 15.3. The second-order valence-corrected chi connectivity index (χ2v) is 7.21. The lowest BCUT2D eigenvalue weighted by atomic mass is 10.1. The van der Waals surface area contributed by atoms with Gasteiger partial charge in [0.2, 0.25) is 0 Å². The van der Waals surface area contributed by atoms with Crippen LogP contribution in [0.1, 0.15) is 5.56 Å². The fourth-order valence-corrected chi connectivity index (χ4v) is 3.51. The van der Waals surface area contributed by atoms with E-state index in [4.69, 9.17) is 5.73 Å². The van der Waals surface area contributed by atoms with Crippen LogP contribution < -0.4 is 10.6 Å². The Bertz CT molecular complexity index is 1330. The number of hydrogen-bond donors (Lipinski definition) is 1. The van der Waals surface area contributed by atoms with Crippen molar-refractivity contribution in [3.63, 3.8) is 0 Å². The van der Waals surface area contributed by atoms with E-state index in [9.17, 15) is 0 Å². The summed E-state index contributed by atoms with van der Waals surface area (Å²) in [6.07, 6.45) is 10.9. The quantitative estimate of drug-likeness (QED) is 0.475. The van der Waals surface area contributed by atoms with Crippen LogP contribution in [0.3, 0.4) is 0 Å². The number of rotatable bonds is 5. The summed E-state index contributed by atoms with van der Waals surface area (Å²) >= 11 is 0. The number of anilines is 2. The predicted molar refractivity (Wildman–Crippen MR) is 120 cm³/mol. The Labute approximate surface area is 179 Å². The van der Waals surface area contributed by atoms with Gasteiger partial charge in [-0.15, -0.1) is 5.10 Å². The first-order valence-electron chi connectivity index (χ1n) is 9.81. The lowest BCUT2D eigenvalue weighted by Gasteiger charge is -2.18. The van der Waals surface area contributed by atoms with Gasteiger partial charge in [0.05, 0.1) is 11.3 Å². The van der Waals surface area contributed by atoms with Crippen LogP contribution in [-0.2, 0) is 6.54 Å². The van der Waals surface area contributed by atoms with Crippen molar-refractivity contribution in [2.45, 2.75) is 6.54 Å². The van der Waals surface area contributed by atoms with Crippen LogP contribution in [0.25, 0.3) is 28.0 Å². The number of nitrogens with two attached hydrogens (primary N) is 1. The molecular formula is C23H20N8. The summed E-state index contributed by atoms with van der Waals surface area (Å²) in [4.78, 5) is 19.8. The second kappa shape index (κ2) is 7.83. The molecule has 0 aliphatic carbocycles. The molecule has 0 radical (unpaired) electrons. The summed E-state index contributed by atoms with van der Waals surface area (Å²) in [5.41, 5.74) is 11.4. The van der Waals surface area contributed by atoms with Gasteiger partial charge in [-0.05, 0) is 41.5 Å². The summed E-state index contributed by atoms with van der Waals surface area (Å²) in [5.74, 6) is 1.26. The molecule has 152 valence electrons. The number of pyridine rings is 3. The Morgan fingerprint density at radius 2 is 1.87 bits per heavy atom. The molecule has 0 bridgehead atoms. The Morgan fingerprint density at radius 3 is 2.68 bits per heavy atom. The van der Waals surface area contributed by atoms with Crippen molar-refractivity contribution in [3.8, 4) is 22.4 Å². The number of hydrogen-bond acceptors (Lipinski definition) is 7. The van der Waals surface area contributed by atoms with Gasteiger partial charge in [0, 0.05) is 56.3 Å². The van der Waals surface area contributed by atoms with E-state index in [1.54, 1.807) is 23.1 Å². The largest absolute Gasteiger partial charge is 0.382 e. The maximum absolute atomic E-state index is 6.18. The maximum atomic E-state index is 6.18. The van der Waals surface area contributed by atoms with Gasteiger partial charge in [-0.1, -0.05) is 12.1 Å². The highest BCUT2D eigenvalue weighted by Gasteiger charge is 2.15. The molecule has 0 amide bonds. The summed E-state index contributed by atoms with van der Waals surface area (Å²) in [7, 11) is 2.01. The Kier molecular flexibility index (Phi) is 4.72. The van der Waals surface area contributed by atoms with E-state index in [1.165, 1.54) is 0 Å². The third-order valence-corrected chi connectivity index (χ3v) is 5.03. The Hall–Kier alpha value is -4.33. The van der Waals surface area contributed by atoms with Gasteiger partial charge < -0.3 is 10.6 Å². The summed E-state index contributed by atoms with van der Waals surface area (Å²) in [6.45, 7) is 0.713. The van der Waals surface area contributed by atoms with Crippen LogP contribution in [0, 0.1) is 0 Å². The molecular weight excluding hydrogens is 388 g/mol. The Morgan fingerprint density at radius 1 is 0.935 bits per heavy atom. The van der Waals surface area contributed by atoms with Gasteiger partial charge in [0.1, 0.15) is 5.82 Å². The monoisotopic (exact) mass is 408 g/mol. The van der Waals surface area contributed by atoms with Gasteiger partial charge in [-0.25, -0.2) is 14.5 Å². The lowest BCUT2D eigenvalue weighted by molar-refractivity contribution is 0.892. The van der Waals surface area contributed by atoms with E-state index in [1.807, 2.05) is 68.1 Å². The van der Waals surface area contributed by atoms with Crippen molar-refractivity contribution in [3.05, 3.63) is 85.2 Å². The minimum Gasteiger partial charge on any atom is -0.382 e. The van der Waals surface area contributed by atoms with Crippen LogP contribution in [0.5, 0.6) is 0 Å². The zero-order chi connectivity index (χ0) is 21.2. The van der Waals surface area contributed by atoms with Crippen LogP contribution in [0.15, 0.2) is 79.6 Å². The molecule has 8 nitrogen and oxygen atoms in total. The summed E-state index contributed by atoms with van der Waals surface area (Å²) in [6, 6.07) is 13.7. The summed E-state index contributed by atoms with van der Waals surface area (Å²) in [5, 5.41) is 4.45. The fraction of sp³-hybridized carbons (Fsp3) is 0.0870. The standard InChI is InChI=1S/C23H20N8/c1-30(14-16-5-4-8-25-12-16)20-11-17(7-10-27-20)18-13-28-23-21(19-6-2-3-9-26-19)22(24)29-31(23)15-18/h2-13,15H,14H2,1H3,(H2,24,29). The molecule has 5 rings (SSSR count). The third kappa shape index (κ3) is 3.66. The smallest absolute Gasteiger partial charge is 0.166 e. The molecule has 0 saturated carbocycles. The molecule has 0 saturated heterocycles. The van der Waals surface area contributed by atoms with E-state index in [0.717, 1.165) is 33.8 Å². The molecule has 8 heteroatoms. The lowest BCUT2D eigenvalue weighted by Crippen LogP contribution is -2.17. The molecule has 0 aliphatic rings. The van der Waals surface area contributed by atoms with E-state index in [0.29, 0.717) is 18.0 Å². The van der Waals surface area contributed by atoms with Crippen molar-refractivity contribution in [1.82, 2.24) is 29.5 Å². The molecule has 5 aromatic rings. The first kappa shape index (κ1) is 18.7. The van der Waals surface area contributed by atoms with Crippen molar-refractivity contribution in [2.24, 2.45) is 0 Å². The number of nitrogen functional groups attached to an aromatic ring is 1. The average molecular weight is 408 g/mol. The number of aromatic nitrogens is 6. The van der Waals surface area contributed by atoms with Gasteiger partial charge in [-0.2, -0.15) is 0 Å². The zero-order valence-electron chi connectivity index (χ0n) is 16.9. The molecule has 0 unspecified atom stereocenters. The fourth-order valence-electron chi connectivity index (χ4n) is 3.51. The van der Waals surface area contributed by atoms with Crippen molar-refractivity contribution < 1.29 is 0 Å². The van der Waals surface area contributed by atoms with Crippen molar-refractivity contribution in [1.29, 1.82) is 0 Å². The van der Waals surface area contributed by atoms with Crippen LogP contribution in [-0.4, -0.2) is 36.6 Å². The average Bonchev–Trinajstić information content (AvgIpc) is 3.15. The molecule has 0 atom stereocenters. The van der Waals surface area contributed by atoms with Crippen molar-refractivity contribution >= 4 is 17.3 Å². The van der Waals surface area contributed by atoms with E-state index in [2.05, 4.69) is 29.9 Å². The second-order valence-electron chi connectivity index (χ2n) is 7.21. The highest BCUT2D eigenvalue weighted by molar-refractivity contribution is 5.84. The predicted octanol–water partition coefficient (Wildman–Crippen LogP) is 3.47. The minimum atomic E-state index is 0.398. The molecule has 0 spiro atoms. The van der Waals surface area contributed by atoms with Crippen LogP contribution >= 0.6 is 0 Å². The topological polar surface area (TPSA) is 98.1 Å². The van der Waals surface area contributed by atoms with Crippen molar-refractivity contribution in [2.75, 3.05) is 17.7 Å². The number of nitrogens with zero attached hydrogens (tertiary/aromatic N) is 7. The number of fused-ring (bicyclic) bond motifs is 1. The molecule has 5 heterocycles. The van der Waals surface area contributed by atoms with Gasteiger partial charge in [0.15, 0.2) is 11.5 Å². The third-order valence-electron chi connectivity index (χ3n) is 5.03. The molecule has 0 aliphatic heterocycles. The van der Waals surface area contributed by atoms with E-state index in [-0.39, 0.29) is 0 Å². The van der Waals surface area contributed by atoms with Crippen LogP contribution in [0.2, 0.25) is 0 Å². The molecule has 0 aromatic carbocycles. The normalized spacial score (nSPS) is 11.0. The SMILES string of the molecule is CN(Cc1cccnc1)c1cc(-c2cnc3c(-c4ccccn4)c(N)nn3c2)ccn1. The molecule has 2 N–H and O–H groups in total. The van der Waals surface area contributed by atoms with Crippen LogP contribution in [0.4, 0.5) is 11.6 Å². The van der Waals surface area contributed by atoms with Gasteiger partial charge in [-0.3, -0.25) is 9.97 Å².